The molecule has 0 bridgehead atoms. The summed E-state index contributed by atoms with van der Waals surface area (Å²) in [5.74, 6) is 0.914. The van der Waals surface area contributed by atoms with Crippen LogP contribution >= 0.6 is 0 Å². The normalized spacial score (nSPS) is 12.5. The van der Waals surface area contributed by atoms with Crippen LogP contribution < -0.4 is 4.74 Å². The maximum atomic E-state index is 11.0. The summed E-state index contributed by atoms with van der Waals surface area (Å²) >= 11 is 0. The van der Waals surface area contributed by atoms with Crippen molar-refractivity contribution in [3.8, 4) is 17.1 Å². The minimum Gasteiger partial charge on any atom is -0.488 e. The van der Waals surface area contributed by atoms with E-state index in [0.29, 0.717) is 18.9 Å². The molecule has 0 fully saturated rings. The quantitative estimate of drug-likeness (QED) is 0.174. The van der Waals surface area contributed by atoms with Crippen molar-refractivity contribution in [1.82, 2.24) is 20.6 Å². The second-order valence-corrected chi connectivity index (χ2v) is 11.2. The van der Waals surface area contributed by atoms with Gasteiger partial charge in [0.2, 0.25) is 5.82 Å². The summed E-state index contributed by atoms with van der Waals surface area (Å²) < 4.78 is 6.24. The molecule has 2 N–H and O–H groups in total. The third-order valence-corrected chi connectivity index (χ3v) is 6.95. The first-order valence-electron chi connectivity index (χ1n) is 13.8. The number of nitrogens with one attached hydrogen (secondary N) is 1. The number of aromatic amines is 1. The van der Waals surface area contributed by atoms with Crippen LogP contribution in [0.15, 0.2) is 78.9 Å². The number of nitrogens with zero attached hydrogens (tertiary/aromatic N) is 3. The Morgan fingerprint density at radius 1 is 0.975 bits per heavy atom. The molecule has 0 amide bonds. The number of aliphatic carboxylic acids is 1. The van der Waals surface area contributed by atoms with Gasteiger partial charge in [0.1, 0.15) is 12.4 Å². The molecule has 1 aromatic heterocycles. The summed E-state index contributed by atoms with van der Waals surface area (Å²) in [6, 6.07) is 24.9. The van der Waals surface area contributed by atoms with E-state index in [2.05, 4.69) is 96.0 Å². The maximum Gasteiger partial charge on any atom is 0.303 e. The number of ether oxygens (including phenoxy) is 1. The van der Waals surface area contributed by atoms with Crippen LogP contribution in [0.2, 0.25) is 0 Å². The standard InChI is InChI=1S/C33H38N4O3/c1-33(2,3)29-20-15-26(16-21-29)23-40-30-10-6-5-9-27(30)17-12-24(8-4-7-11-31(38)39)22-25-13-18-28(19-14-25)32-34-36-37-35-32/h5-6,9-10,12-21,24H,4,7-8,11,22-23H2,1-3H3,(H,38,39)(H,34,35,36,37). The Balaban J connectivity index is 1.44. The van der Waals surface area contributed by atoms with Crippen LogP contribution in [0.5, 0.6) is 5.75 Å². The van der Waals surface area contributed by atoms with Gasteiger partial charge in [0.15, 0.2) is 0 Å². The topological polar surface area (TPSA) is 101 Å². The van der Waals surface area contributed by atoms with Crippen LogP contribution in [0, 0.1) is 5.92 Å². The number of unbranched alkanes of at least 4 members (excludes halogenated alkanes) is 1. The maximum absolute atomic E-state index is 11.0. The molecule has 1 atom stereocenters. The number of rotatable bonds is 13. The van der Waals surface area contributed by atoms with Crippen molar-refractivity contribution in [3.05, 3.63) is 101 Å². The van der Waals surface area contributed by atoms with Gasteiger partial charge in [-0.1, -0.05) is 106 Å². The molecule has 1 heterocycles. The highest BCUT2D eigenvalue weighted by atomic mass is 16.5. The van der Waals surface area contributed by atoms with Crippen LogP contribution in [0.25, 0.3) is 17.5 Å². The summed E-state index contributed by atoms with van der Waals surface area (Å²) in [7, 11) is 0. The lowest BCUT2D eigenvalue weighted by Crippen LogP contribution is -2.10. The molecule has 0 spiro atoms. The molecule has 3 aromatic carbocycles. The van der Waals surface area contributed by atoms with Gasteiger partial charge in [-0.15, -0.1) is 10.2 Å². The third kappa shape index (κ3) is 8.63. The minimum absolute atomic E-state index is 0.122. The van der Waals surface area contributed by atoms with Crippen LogP contribution in [0.3, 0.4) is 0 Å². The van der Waals surface area contributed by atoms with Crippen LogP contribution in [0.1, 0.15) is 68.7 Å². The highest BCUT2D eigenvalue weighted by Crippen LogP contribution is 2.26. The third-order valence-electron chi connectivity index (χ3n) is 6.95. The Hall–Kier alpha value is -4.26. The van der Waals surface area contributed by atoms with E-state index in [0.717, 1.165) is 41.7 Å². The highest BCUT2D eigenvalue weighted by Gasteiger charge is 2.13. The van der Waals surface area contributed by atoms with Crippen molar-refractivity contribution in [2.45, 2.75) is 64.9 Å². The number of benzene rings is 3. The minimum atomic E-state index is -0.747. The van der Waals surface area contributed by atoms with Gasteiger partial charge in [0.05, 0.1) is 0 Å². The fraction of sp³-hybridized carbons (Fsp3) is 0.333. The van der Waals surface area contributed by atoms with E-state index in [1.165, 1.54) is 11.1 Å². The Morgan fingerprint density at radius 2 is 1.70 bits per heavy atom. The summed E-state index contributed by atoms with van der Waals surface area (Å²) in [5.41, 5.74) is 5.69. The molecule has 208 valence electrons. The Morgan fingerprint density at radius 3 is 2.38 bits per heavy atom. The lowest BCUT2D eigenvalue weighted by Gasteiger charge is -2.19. The zero-order chi connectivity index (χ0) is 28.4. The van der Waals surface area contributed by atoms with E-state index >= 15 is 0 Å². The number of allylic oxidation sites excluding steroid dienone is 1. The molecule has 4 rings (SSSR count). The number of carboxylic acids is 1. The van der Waals surface area contributed by atoms with Gasteiger partial charge in [0, 0.05) is 17.5 Å². The first-order valence-corrected chi connectivity index (χ1v) is 13.8. The van der Waals surface area contributed by atoms with Crippen LogP contribution in [0.4, 0.5) is 0 Å². The second kappa shape index (κ2) is 13.7. The molecule has 7 nitrogen and oxygen atoms in total. The average molecular weight is 539 g/mol. The lowest BCUT2D eigenvalue weighted by atomic mass is 9.87. The molecule has 0 saturated heterocycles. The van der Waals surface area contributed by atoms with Crippen LogP contribution in [-0.2, 0) is 23.2 Å². The van der Waals surface area contributed by atoms with Gasteiger partial charge in [-0.3, -0.25) is 4.79 Å². The molecule has 0 aliphatic rings. The summed E-state index contributed by atoms with van der Waals surface area (Å²) in [6.07, 6.45) is 7.83. The SMILES string of the molecule is CC(C)(C)c1ccc(COc2ccccc2C=CC(CCCCC(=O)O)Cc2ccc(-c3nn[nH]n3)cc2)cc1. The number of H-pyrrole nitrogens is 1. The van der Waals surface area contributed by atoms with Gasteiger partial charge < -0.3 is 9.84 Å². The Kier molecular flexibility index (Phi) is 9.84. The van der Waals surface area contributed by atoms with Gasteiger partial charge in [-0.05, 0) is 58.6 Å². The smallest absolute Gasteiger partial charge is 0.303 e. The number of carbonyl (C=O) groups is 1. The van der Waals surface area contributed by atoms with Crippen molar-refractivity contribution < 1.29 is 14.6 Å². The van der Waals surface area contributed by atoms with Gasteiger partial charge in [0.25, 0.3) is 0 Å². The number of hydrogen-bond donors (Lipinski definition) is 2. The Labute approximate surface area is 236 Å². The van der Waals surface area contributed by atoms with Crippen molar-refractivity contribution in [3.63, 3.8) is 0 Å². The molecule has 1 unspecified atom stereocenters. The second-order valence-electron chi connectivity index (χ2n) is 11.2. The summed E-state index contributed by atoms with van der Waals surface area (Å²) in [5, 5.41) is 23.2. The monoisotopic (exact) mass is 538 g/mol. The molecule has 0 radical (unpaired) electrons. The van der Waals surface area contributed by atoms with Crippen molar-refractivity contribution in [2.75, 3.05) is 0 Å². The van der Waals surface area contributed by atoms with Crippen molar-refractivity contribution >= 4 is 12.0 Å². The van der Waals surface area contributed by atoms with E-state index in [1.54, 1.807) is 0 Å². The molecule has 0 saturated carbocycles. The zero-order valence-electron chi connectivity index (χ0n) is 23.5. The van der Waals surface area contributed by atoms with Crippen molar-refractivity contribution in [2.24, 2.45) is 5.92 Å². The number of carboxylic acid groups (broad SMARTS) is 1. The molecule has 4 aromatic rings. The molecular formula is C33H38N4O3. The van der Waals surface area contributed by atoms with E-state index in [-0.39, 0.29) is 17.8 Å². The molecular weight excluding hydrogens is 500 g/mol. The van der Waals surface area contributed by atoms with Gasteiger partial charge >= 0.3 is 5.97 Å². The predicted molar refractivity (Wildman–Crippen MR) is 158 cm³/mol. The number of para-hydroxylation sites is 1. The predicted octanol–water partition coefficient (Wildman–Crippen LogP) is 7.26. The number of hydrogen-bond acceptors (Lipinski definition) is 5. The average Bonchev–Trinajstić information content (AvgIpc) is 3.48. The summed E-state index contributed by atoms with van der Waals surface area (Å²) in [6.45, 7) is 7.14. The molecule has 40 heavy (non-hydrogen) atoms. The van der Waals surface area contributed by atoms with E-state index < -0.39 is 5.97 Å². The number of tetrazole rings is 1. The first kappa shape index (κ1) is 28.7. The first-order chi connectivity index (χ1) is 19.3. The fourth-order valence-electron chi connectivity index (χ4n) is 4.58. The van der Waals surface area contributed by atoms with Gasteiger partial charge in [-0.2, -0.15) is 5.21 Å². The lowest BCUT2D eigenvalue weighted by molar-refractivity contribution is -0.137. The van der Waals surface area contributed by atoms with Crippen LogP contribution in [-0.4, -0.2) is 31.7 Å². The molecule has 0 aliphatic carbocycles. The molecule has 7 heteroatoms. The zero-order valence-corrected chi connectivity index (χ0v) is 23.5. The van der Waals surface area contributed by atoms with E-state index in [4.69, 9.17) is 9.84 Å². The van der Waals surface area contributed by atoms with Gasteiger partial charge in [-0.25, -0.2) is 0 Å². The fourth-order valence-corrected chi connectivity index (χ4v) is 4.58. The summed E-state index contributed by atoms with van der Waals surface area (Å²) in [4.78, 5) is 11.0. The van der Waals surface area contributed by atoms with E-state index in [1.807, 2.05) is 30.3 Å². The Bertz CT molecular complexity index is 1370. The highest BCUT2D eigenvalue weighted by molar-refractivity contribution is 5.66. The van der Waals surface area contributed by atoms with Crippen molar-refractivity contribution in [1.29, 1.82) is 0 Å². The van der Waals surface area contributed by atoms with E-state index in [9.17, 15) is 4.79 Å². The molecule has 0 aliphatic heterocycles. The largest absolute Gasteiger partial charge is 0.488 e. The number of aromatic nitrogens is 4.